The summed E-state index contributed by atoms with van der Waals surface area (Å²) in [6, 6.07) is 12.0. The molecule has 3 heterocycles. The molecule has 0 atom stereocenters. The molecular weight excluding hydrogens is 466 g/mol. The molecule has 1 aromatic carbocycles. The van der Waals surface area contributed by atoms with E-state index in [1.165, 1.54) is 27.0 Å². The van der Waals surface area contributed by atoms with Gasteiger partial charge in [0.15, 0.2) is 0 Å². The van der Waals surface area contributed by atoms with E-state index in [1.54, 1.807) is 41.3 Å². The number of nitrogens with one attached hydrogen (secondary N) is 1. The van der Waals surface area contributed by atoms with Crippen molar-refractivity contribution in [1.29, 1.82) is 0 Å². The minimum Gasteiger partial charge on any atom is -0.336 e. The molecule has 2 aromatic heterocycles. The van der Waals surface area contributed by atoms with Crippen LogP contribution in [0.2, 0.25) is 0 Å². The lowest BCUT2D eigenvalue weighted by Crippen LogP contribution is -2.50. The zero-order valence-corrected chi connectivity index (χ0v) is 20.1. The van der Waals surface area contributed by atoms with Gasteiger partial charge in [0.1, 0.15) is 0 Å². The number of carbonyl (C=O) groups is 2. The number of aryl methyl sites for hydroxylation is 2. The van der Waals surface area contributed by atoms with Crippen molar-refractivity contribution in [3.05, 3.63) is 68.0 Å². The number of benzene rings is 1. The van der Waals surface area contributed by atoms with Crippen molar-refractivity contribution in [2.75, 3.05) is 31.5 Å². The Morgan fingerprint density at radius 2 is 1.69 bits per heavy atom. The number of hydrogen-bond acceptors (Lipinski definition) is 6. The second-order valence-electron chi connectivity index (χ2n) is 7.48. The third-order valence-electron chi connectivity index (χ3n) is 5.27. The summed E-state index contributed by atoms with van der Waals surface area (Å²) in [5.74, 6) is -0.340. The van der Waals surface area contributed by atoms with Crippen LogP contribution in [0, 0.1) is 13.8 Å². The van der Waals surface area contributed by atoms with Crippen LogP contribution in [0.1, 0.15) is 29.8 Å². The Morgan fingerprint density at radius 1 is 1.00 bits per heavy atom. The topological polar surface area (TPSA) is 86.8 Å². The lowest BCUT2D eigenvalue weighted by Gasteiger charge is -2.34. The summed E-state index contributed by atoms with van der Waals surface area (Å²) in [4.78, 5) is 29.4. The van der Waals surface area contributed by atoms with E-state index < -0.39 is 10.0 Å². The molecule has 3 aromatic rings. The summed E-state index contributed by atoms with van der Waals surface area (Å²) in [6.07, 6.45) is 0. The first-order valence-electron chi connectivity index (χ1n) is 10.1. The van der Waals surface area contributed by atoms with Gasteiger partial charge in [-0.15, -0.1) is 22.7 Å². The summed E-state index contributed by atoms with van der Waals surface area (Å²) in [6.45, 7) is 4.89. The van der Waals surface area contributed by atoms with Crippen molar-refractivity contribution >= 4 is 50.2 Å². The summed E-state index contributed by atoms with van der Waals surface area (Å²) >= 11 is 2.83. The zero-order chi connectivity index (χ0) is 22.9. The van der Waals surface area contributed by atoms with Crippen LogP contribution in [0.5, 0.6) is 0 Å². The number of hydrogen-bond donors (Lipinski definition) is 1. The van der Waals surface area contributed by atoms with Crippen LogP contribution in [0.15, 0.2) is 52.7 Å². The van der Waals surface area contributed by atoms with Crippen LogP contribution >= 0.6 is 22.7 Å². The molecule has 1 saturated heterocycles. The normalized spacial score (nSPS) is 15.0. The highest BCUT2D eigenvalue weighted by molar-refractivity contribution is 7.89. The number of thiophene rings is 2. The second-order valence-corrected chi connectivity index (χ2v) is 11.8. The molecular formula is C22H23N3O4S3. The SMILES string of the molecule is Cc1cc(S(=O)(=O)N2CCN(C(=O)c3ccc(NC(=O)c4cccs4)cc3)CC2)c(C)s1. The molecule has 0 unspecified atom stereocenters. The van der Waals surface area contributed by atoms with E-state index in [4.69, 9.17) is 0 Å². The van der Waals surface area contributed by atoms with Gasteiger partial charge in [-0.25, -0.2) is 8.42 Å². The molecule has 1 aliphatic heterocycles. The largest absolute Gasteiger partial charge is 0.336 e. The van der Waals surface area contributed by atoms with E-state index in [-0.39, 0.29) is 24.9 Å². The third kappa shape index (κ3) is 4.63. The summed E-state index contributed by atoms with van der Waals surface area (Å²) in [5.41, 5.74) is 1.11. The molecule has 10 heteroatoms. The van der Waals surface area contributed by atoms with E-state index in [9.17, 15) is 18.0 Å². The highest BCUT2D eigenvalue weighted by atomic mass is 32.2. The molecule has 0 radical (unpaired) electrons. The van der Waals surface area contributed by atoms with Crippen molar-refractivity contribution in [3.8, 4) is 0 Å². The lowest BCUT2D eigenvalue weighted by molar-refractivity contribution is 0.0698. The number of piperazine rings is 1. The molecule has 32 heavy (non-hydrogen) atoms. The summed E-state index contributed by atoms with van der Waals surface area (Å²) in [7, 11) is -3.56. The van der Waals surface area contributed by atoms with E-state index in [2.05, 4.69) is 5.32 Å². The maximum absolute atomic E-state index is 13.0. The maximum Gasteiger partial charge on any atom is 0.265 e. The fraction of sp³-hybridized carbons (Fsp3) is 0.273. The second kappa shape index (κ2) is 9.14. The van der Waals surface area contributed by atoms with Gasteiger partial charge in [-0.1, -0.05) is 6.07 Å². The van der Waals surface area contributed by atoms with Gasteiger partial charge < -0.3 is 10.2 Å². The van der Waals surface area contributed by atoms with Crippen LogP contribution in [0.3, 0.4) is 0 Å². The fourth-order valence-corrected chi connectivity index (χ4v) is 7.18. The Kier molecular flexibility index (Phi) is 6.47. The average molecular weight is 490 g/mol. The van der Waals surface area contributed by atoms with E-state index in [0.717, 1.165) is 9.75 Å². The van der Waals surface area contributed by atoms with Gasteiger partial charge in [0, 0.05) is 47.2 Å². The first-order chi connectivity index (χ1) is 15.3. The molecule has 1 N–H and O–H groups in total. The monoisotopic (exact) mass is 489 g/mol. The fourth-order valence-electron chi connectivity index (χ4n) is 3.61. The number of sulfonamides is 1. The van der Waals surface area contributed by atoms with Crippen molar-refractivity contribution in [2.45, 2.75) is 18.7 Å². The van der Waals surface area contributed by atoms with Crippen LogP contribution in [-0.2, 0) is 10.0 Å². The minimum absolute atomic E-state index is 0.152. The predicted molar refractivity (Wildman–Crippen MR) is 127 cm³/mol. The molecule has 0 bridgehead atoms. The molecule has 2 amide bonds. The van der Waals surface area contributed by atoms with Gasteiger partial charge in [0.2, 0.25) is 10.0 Å². The van der Waals surface area contributed by atoms with Crippen molar-refractivity contribution < 1.29 is 18.0 Å². The quantitative estimate of drug-likeness (QED) is 0.590. The van der Waals surface area contributed by atoms with Crippen LogP contribution in [0.4, 0.5) is 5.69 Å². The van der Waals surface area contributed by atoms with Gasteiger partial charge >= 0.3 is 0 Å². The molecule has 0 spiro atoms. The zero-order valence-electron chi connectivity index (χ0n) is 17.7. The molecule has 1 fully saturated rings. The highest BCUT2D eigenvalue weighted by Gasteiger charge is 2.32. The predicted octanol–water partition coefficient (Wildman–Crippen LogP) is 3.83. The standard InChI is InChI=1S/C22H23N3O4S3/c1-15-14-20(16(2)31-15)32(28,29)25-11-9-24(10-12-25)22(27)17-5-7-18(8-6-17)23-21(26)19-4-3-13-30-19/h3-8,13-14H,9-12H2,1-2H3,(H,23,26). The number of amides is 2. The van der Waals surface area contributed by atoms with Gasteiger partial charge in [0.25, 0.3) is 11.8 Å². The van der Waals surface area contributed by atoms with Gasteiger partial charge in [-0.05, 0) is 55.6 Å². The van der Waals surface area contributed by atoms with Gasteiger partial charge in [-0.2, -0.15) is 4.31 Å². The first-order valence-corrected chi connectivity index (χ1v) is 13.2. The molecule has 4 rings (SSSR count). The first kappa shape index (κ1) is 22.7. The van der Waals surface area contributed by atoms with E-state index in [1.807, 2.05) is 25.3 Å². The lowest BCUT2D eigenvalue weighted by atomic mass is 10.1. The van der Waals surface area contributed by atoms with Gasteiger partial charge in [0.05, 0.1) is 9.77 Å². The minimum atomic E-state index is -3.56. The van der Waals surface area contributed by atoms with Crippen molar-refractivity contribution in [2.24, 2.45) is 0 Å². The smallest absolute Gasteiger partial charge is 0.265 e. The average Bonchev–Trinajstić information content (AvgIpc) is 3.44. The maximum atomic E-state index is 13.0. The van der Waals surface area contributed by atoms with Crippen LogP contribution in [0.25, 0.3) is 0 Å². The molecule has 0 saturated carbocycles. The summed E-state index contributed by atoms with van der Waals surface area (Å²) < 4.78 is 27.4. The molecule has 7 nitrogen and oxygen atoms in total. The molecule has 168 valence electrons. The Labute approximate surface area is 195 Å². The Balaban J connectivity index is 1.37. The number of anilines is 1. The van der Waals surface area contributed by atoms with Crippen LogP contribution < -0.4 is 5.32 Å². The number of carbonyl (C=O) groups excluding carboxylic acids is 2. The molecule has 1 aliphatic rings. The Bertz CT molecular complexity index is 1220. The summed E-state index contributed by atoms with van der Waals surface area (Å²) in [5, 5.41) is 4.65. The van der Waals surface area contributed by atoms with E-state index in [0.29, 0.717) is 34.1 Å². The number of nitrogens with zero attached hydrogens (tertiary/aromatic N) is 2. The Hall–Kier alpha value is -2.53. The third-order valence-corrected chi connectivity index (χ3v) is 9.26. The highest BCUT2D eigenvalue weighted by Crippen LogP contribution is 2.28. The van der Waals surface area contributed by atoms with Crippen molar-refractivity contribution in [1.82, 2.24) is 9.21 Å². The van der Waals surface area contributed by atoms with Crippen LogP contribution in [-0.4, -0.2) is 55.6 Å². The Morgan fingerprint density at radius 3 is 2.25 bits per heavy atom. The van der Waals surface area contributed by atoms with E-state index >= 15 is 0 Å². The van der Waals surface area contributed by atoms with Gasteiger partial charge in [-0.3, -0.25) is 9.59 Å². The molecule has 0 aliphatic carbocycles. The number of rotatable bonds is 5. The van der Waals surface area contributed by atoms with Crippen molar-refractivity contribution in [3.63, 3.8) is 0 Å².